The van der Waals surface area contributed by atoms with Crippen LogP contribution in [0.5, 0.6) is 0 Å². The van der Waals surface area contributed by atoms with Crippen molar-refractivity contribution in [3.8, 4) is 0 Å². The summed E-state index contributed by atoms with van der Waals surface area (Å²) in [5.41, 5.74) is 4.52. The molecular weight excluding hydrogens is 298 g/mol. The smallest absolute Gasteiger partial charge is 0.336 e. The van der Waals surface area contributed by atoms with Crippen molar-refractivity contribution in [1.82, 2.24) is 5.48 Å². The van der Waals surface area contributed by atoms with Gasteiger partial charge >= 0.3 is 5.63 Å². The molecule has 0 saturated carbocycles. The van der Waals surface area contributed by atoms with Crippen molar-refractivity contribution < 1.29 is 18.8 Å². The Bertz CT molecular complexity index is 1020. The number of furan rings is 1. The Balaban J connectivity index is 2.37. The second-order valence-electron chi connectivity index (χ2n) is 5.38. The molecule has 0 atom stereocenters. The predicted octanol–water partition coefficient (Wildman–Crippen LogP) is 2.98. The third kappa shape index (κ3) is 2.43. The van der Waals surface area contributed by atoms with E-state index in [0.29, 0.717) is 16.9 Å². The molecule has 23 heavy (non-hydrogen) atoms. The molecule has 6 heteroatoms. The van der Waals surface area contributed by atoms with Crippen LogP contribution in [0.4, 0.5) is 0 Å². The van der Waals surface area contributed by atoms with E-state index in [2.05, 4.69) is 0 Å². The number of aryl methyl sites for hydroxylation is 3. The minimum Gasteiger partial charge on any atom is -0.460 e. The molecule has 2 aromatic heterocycles. The molecule has 3 rings (SSSR count). The molecule has 0 spiro atoms. The largest absolute Gasteiger partial charge is 0.460 e. The Kier molecular flexibility index (Phi) is 3.54. The first-order valence-electron chi connectivity index (χ1n) is 7.01. The van der Waals surface area contributed by atoms with Gasteiger partial charge in [-0.05, 0) is 38.5 Å². The number of hydroxylamine groups is 1. The minimum absolute atomic E-state index is 0.402. The Hall–Kier alpha value is -2.86. The number of nitrogens with one attached hydrogen (secondary N) is 1. The molecule has 6 nitrogen and oxygen atoms in total. The number of hydrogen-bond acceptors (Lipinski definition) is 5. The molecule has 2 heterocycles. The summed E-state index contributed by atoms with van der Waals surface area (Å²) in [4.78, 5) is 22.8. The normalized spacial score (nSPS) is 11.7. The van der Waals surface area contributed by atoms with Gasteiger partial charge in [-0.3, -0.25) is 10.0 Å². The maximum atomic E-state index is 11.6. The Morgan fingerprint density at radius 2 is 1.83 bits per heavy atom. The Labute approximate surface area is 131 Å². The van der Waals surface area contributed by atoms with Gasteiger partial charge in [-0.2, -0.15) is 0 Å². The van der Waals surface area contributed by atoms with Gasteiger partial charge in [0.25, 0.3) is 5.91 Å². The lowest BCUT2D eigenvalue weighted by Crippen LogP contribution is -2.14. The van der Waals surface area contributed by atoms with Gasteiger partial charge in [-0.25, -0.2) is 10.3 Å². The van der Waals surface area contributed by atoms with Crippen molar-refractivity contribution in [3.05, 3.63) is 51.1 Å². The first-order chi connectivity index (χ1) is 10.9. The molecule has 118 valence electrons. The molecule has 0 radical (unpaired) electrons. The van der Waals surface area contributed by atoms with E-state index in [0.717, 1.165) is 27.5 Å². The molecule has 0 fully saturated rings. The van der Waals surface area contributed by atoms with Crippen molar-refractivity contribution in [2.45, 2.75) is 20.8 Å². The van der Waals surface area contributed by atoms with E-state index in [1.807, 2.05) is 19.9 Å². The number of hydrogen-bond donors (Lipinski definition) is 2. The van der Waals surface area contributed by atoms with Crippen LogP contribution in [0.15, 0.2) is 31.8 Å². The highest BCUT2D eigenvalue weighted by molar-refractivity contribution is 6.03. The monoisotopic (exact) mass is 313 g/mol. The molecule has 0 bridgehead atoms. The maximum absolute atomic E-state index is 11.6. The number of carbonyl (C=O) groups is 1. The van der Waals surface area contributed by atoms with Crippen LogP contribution in [-0.2, 0) is 4.79 Å². The van der Waals surface area contributed by atoms with Crippen LogP contribution in [0.25, 0.3) is 28.0 Å². The fourth-order valence-corrected chi connectivity index (χ4v) is 2.72. The third-order valence-electron chi connectivity index (χ3n) is 3.86. The number of amides is 1. The lowest BCUT2D eigenvalue weighted by molar-refractivity contribution is -0.124. The second kappa shape index (κ2) is 5.40. The molecular formula is C17H15NO5. The van der Waals surface area contributed by atoms with Crippen molar-refractivity contribution >= 4 is 33.9 Å². The number of benzene rings is 1. The summed E-state index contributed by atoms with van der Waals surface area (Å²) in [5.74, 6) is -0.00108. The van der Waals surface area contributed by atoms with Crippen molar-refractivity contribution in [1.29, 1.82) is 0 Å². The summed E-state index contributed by atoms with van der Waals surface area (Å²) in [6.45, 7) is 5.44. The SMILES string of the molecule is Cc1oc2c(C)c3oc(=O)cc(C)c3cc2c1/C=C/C(=O)NO. The van der Waals surface area contributed by atoms with Crippen LogP contribution in [0, 0.1) is 20.8 Å². The standard InChI is InChI=1S/C17H15NO5/c1-8-6-15(20)23-16-9(2)17-13(7-12(8)16)11(10(3)22-17)4-5-14(19)18-21/h4-7,21H,1-3H3,(H,18,19)/b5-4+. The zero-order valence-electron chi connectivity index (χ0n) is 12.9. The van der Waals surface area contributed by atoms with E-state index < -0.39 is 11.5 Å². The molecule has 0 aliphatic carbocycles. The summed E-state index contributed by atoms with van der Waals surface area (Å²) in [7, 11) is 0. The molecule has 0 aliphatic heterocycles. The first-order valence-corrected chi connectivity index (χ1v) is 7.01. The maximum Gasteiger partial charge on any atom is 0.336 e. The van der Waals surface area contributed by atoms with E-state index >= 15 is 0 Å². The van der Waals surface area contributed by atoms with Gasteiger partial charge in [0.1, 0.15) is 16.9 Å². The van der Waals surface area contributed by atoms with Crippen LogP contribution in [0.2, 0.25) is 0 Å². The third-order valence-corrected chi connectivity index (χ3v) is 3.86. The van der Waals surface area contributed by atoms with Crippen molar-refractivity contribution in [3.63, 3.8) is 0 Å². The van der Waals surface area contributed by atoms with Crippen LogP contribution in [-0.4, -0.2) is 11.1 Å². The summed E-state index contributed by atoms with van der Waals surface area (Å²) in [6.07, 6.45) is 2.79. The van der Waals surface area contributed by atoms with E-state index in [9.17, 15) is 9.59 Å². The molecule has 0 unspecified atom stereocenters. The highest BCUT2D eigenvalue weighted by Gasteiger charge is 2.16. The lowest BCUT2D eigenvalue weighted by atomic mass is 10.0. The molecule has 0 saturated heterocycles. The van der Waals surface area contributed by atoms with Crippen LogP contribution in [0.3, 0.4) is 0 Å². The van der Waals surface area contributed by atoms with Gasteiger partial charge in [0.2, 0.25) is 0 Å². The fourth-order valence-electron chi connectivity index (χ4n) is 2.72. The molecule has 3 aromatic rings. The van der Waals surface area contributed by atoms with Gasteiger partial charge in [-0.1, -0.05) is 0 Å². The second-order valence-corrected chi connectivity index (χ2v) is 5.38. The van der Waals surface area contributed by atoms with Crippen LogP contribution in [0.1, 0.15) is 22.5 Å². The first kappa shape index (κ1) is 15.1. The zero-order valence-corrected chi connectivity index (χ0v) is 12.9. The van der Waals surface area contributed by atoms with E-state index in [1.54, 1.807) is 18.5 Å². The summed E-state index contributed by atoms with van der Waals surface area (Å²) in [5, 5.41) is 10.2. The van der Waals surface area contributed by atoms with Gasteiger partial charge in [0.15, 0.2) is 0 Å². The molecule has 2 N–H and O–H groups in total. The number of rotatable bonds is 2. The highest BCUT2D eigenvalue weighted by atomic mass is 16.5. The zero-order chi connectivity index (χ0) is 16.7. The lowest BCUT2D eigenvalue weighted by Gasteiger charge is -2.04. The van der Waals surface area contributed by atoms with Crippen molar-refractivity contribution in [2.24, 2.45) is 0 Å². The fraction of sp³-hybridized carbons (Fsp3) is 0.176. The number of fused-ring (bicyclic) bond motifs is 2. The summed E-state index contributed by atoms with van der Waals surface area (Å²) in [6, 6.07) is 3.32. The van der Waals surface area contributed by atoms with Gasteiger partial charge in [-0.15, -0.1) is 0 Å². The quantitative estimate of drug-likeness (QED) is 0.328. The average molecular weight is 313 g/mol. The van der Waals surface area contributed by atoms with Crippen molar-refractivity contribution in [2.75, 3.05) is 0 Å². The van der Waals surface area contributed by atoms with Gasteiger partial charge < -0.3 is 8.83 Å². The van der Waals surface area contributed by atoms with E-state index in [-0.39, 0.29) is 0 Å². The molecule has 0 aliphatic rings. The van der Waals surface area contributed by atoms with E-state index in [4.69, 9.17) is 14.0 Å². The summed E-state index contributed by atoms with van der Waals surface area (Å²) < 4.78 is 11.1. The molecule has 1 amide bonds. The van der Waals surface area contributed by atoms with Crippen LogP contribution < -0.4 is 11.1 Å². The van der Waals surface area contributed by atoms with Gasteiger partial charge in [0.05, 0.1) is 0 Å². The van der Waals surface area contributed by atoms with Crippen LogP contribution >= 0.6 is 0 Å². The Morgan fingerprint density at radius 1 is 1.13 bits per heavy atom. The minimum atomic E-state index is -0.626. The summed E-state index contributed by atoms with van der Waals surface area (Å²) >= 11 is 0. The molecule has 1 aromatic carbocycles. The average Bonchev–Trinajstić information content (AvgIpc) is 2.82. The highest BCUT2D eigenvalue weighted by Crippen LogP contribution is 2.34. The number of carbonyl (C=O) groups excluding carboxylic acids is 1. The topological polar surface area (TPSA) is 92.7 Å². The predicted molar refractivity (Wildman–Crippen MR) is 85.4 cm³/mol. The van der Waals surface area contributed by atoms with Gasteiger partial charge in [0, 0.05) is 34.0 Å². The Morgan fingerprint density at radius 3 is 2.52 bits per heavy atom. The van der Waals surface area contributed by atoms with E-state index in [1.165, 1.54) is 12.1 Å².